The van der Waals surface area contributed by atoms with Crippen LogP contribution in [-0.2, 0) is 5.60 Å². The second kappa shape index (κ2) is 4.22. The summed E-state index contributed by atoms with van der Waals surface area (Å²) in [6, 6.07) is 1.92. The van der Waals surface area contributed by atoms with Gasteiger partial charge in [0.2, 0.25) is 0 Å². The van der Waals surface area contributed by atoms with Gasteiger partial charge in [0.25, 0.3) is 0 Å². The second-order valence-corrected chi connectivity index (χ2v) is 5.18. The molecule has 3 heteroatoms. The summed E-state index contributed by atoms with van der Waals surface area (Å²) in [7, 11) is 0. The molecule has 0 aromatic carbocycles. The van der Waals surface area contributed by atoms with Gasteiger partial charge in [0.05, 0.1) is 0 Å². The number of hydrogen-bond donors (Lipinski definition) is 2. The third-order valence-corrected chi connectivity index (χ3v) is 3.22. The highest BCUT2D eigenvalue weighted by Crippen LogP contribution is 2.29. The highest BCUT2D eigenvalue weighted by Gasteiger charge is 2.28. The van der Waals surface area contributed by atoms with Crippen molar-refractivity contribution in [1.29, 1.82) is 0 Å². The molecule has 1 aromatic rings. The molecule has 1 aliphatic carbocycles. The highest BCUT2D eigenvalue weighted by atomic mass is 16.3. The Kier molecular flexibility index (Phi) is 3.08. The number of aryl methyl sites for hydroxylation is 2. The van der Waals surface area contributed by atoms with Crippen molar-refractivity contribution in [2.24, 2.45) is 5.92 Å². The smallest absolute Gasteiger partial charge is 0.107 e. The van der Waals surface area contributed by atoms with Crippen LogP contribution in [0.5, 0.6) is 0 Å². The molecule has 0 spiro atoms. The average Bonchev–Trinajstić information content (AvgIpc) is 2.91. The molecule has 0 saturated heterocycles. The Morgan fingerprint density at radius 1 is 1.50 bits per heavy atom. The Balaban J connectivity index is 1.96. The van der Waals surface area contributed by atoms with Crippen molar-refractivity contribution in [3.05, 3.63) is 23.2 Å². The van der Waals surface area contributed by atoms with Gasteiger partial charge in [-0.3, -0.25) is 0 Å². The van der Waals surface area contributed by atoms with E-state index in [2.05, 4.69) is 5.32 Å². The predicted molar refractivity (Wildman–Crippen MR) is 63.3 cm³/mol. The number of rotatable bonds is 5. The van der Waals surface area contributed by atoms with Crippen LogP contribution in [0.1, 0.15) is 36.8 Å². The molecule has 2 rings (SSSR count). The summed E-state index contributed by atoms with van der Waals surface area (Å²) < 4.78 is 5.45. The standard InChI is InChI=1S/C13H21NO2/c1-9-6-12(10(2)16-9)13(3,15)8-14-7-11-4-5-11/h6,11,14-15H,4-5,7-8H2,1-3H3. The second-order valence-electron chi connectivity index (χ2n) is 5.18. The van der Waals surface area contributed by atoms with Crippen LogP contribution in [0.3, 0.4) is 0 Å². The first-order chi connectivity index (χ1) is 7.49. The molecular weight excluding hydrogens is 202 g/mol. The van der Waals surface area contributed by atoms with E-state index < -0.39 is 5.60 Å². The summed E-state index contributed by atoms with van der Waals surface area (Å²) >= 11 is 0. The van der Waals surface area contributed by atoms with Crippen LogP contribution in [0.15, 0.2) is 10.5 Å². The Morgan fingerprint density at radius 2 is 2.19 bits per heavy atom. The van der Waals surface area contributed by atoms with E-state index in [0.717, 1.165) is 29.5 Å². The largest absolute Gasteiger partial charge is 0.466 e. The van der Waals surface area contributed by atoms with Crippen LogP contribution in [0.25, 0.3) is 0 Å². The number of aliphatic hydroxyl groups is 1. The molecule has 1 atom stereocenters. The van der Waals surface area contributed by atoms with Gasteiger partial charge in [-0.25, -0.2) is 0 Å². The molecule has 0 radical (unpaired) electrons. The quantitative estimate of drug-likeness (QED) is 0.803. The molecule has 1 saturated carbocycles. The average molecular weight is 223 g/mol. The lowest BCUT2D eigenvalue weighted by Gasteiger charge is -2.23. The van der Waals surface area contributed by atoms with Crippen molar-refractivity contribution < 1.29 is 9.52 Å². The fraction of sp³-hybridized carbons (Fsp3) is 0.692. The van der Waals surface area contributed by atoms with E-state index in [1.54, 1.807) is 0 Å². The Morgan fingerprint density at radius 3 is 2.69 bits per heavy atom. The third kappa shape index (κ3) is 2.66. The van der Waals surface area contributed by atoms with Crippen molar-refractivity contribution in [3.8, 4) is 0 Å². The zero-order chi connectivity index (χ0) is 11.8. The summed E-state index contributed by atoms with van der Waals surface area (Å²) in [4.78, 5) is 0. The van der Waals surface area contributed by atoms with E-state index >= 15 is 0 Å². The van der Waals surface area contributed by atoms with Crippen LogP contribution in [-0.4, -0.2) is 18.2 Å². The molecule has 90 valence electrons. The first-order valence-corrected chi connectivity index (χ1v) is 5.99. The first-order valence-electron chi connectivity index (χ1n) is 5.99. The summed E-state index contributed by atoms with van der Waals surface area (Å²) in [6.07, 6.45) is 2.66. The summed E-state index contributed by atoms with van der Waals surface area (Å²) in [5.41, 5.74) is 0.0600. The van der Waals surface area contributed by atoms with Gasteiger partial charge < -0.3 is 14.8 Å². The Bertz CT molecular complexity index is 364. The summed E-state index contributed by atoms with van der Waals surface area (Å²) in [5.74, 6) is 2.51. The third-order valence-electron chi connectivity index (χ3n) is 3.22. The maximum Gasteiger partial charge on any atom is 0.107 e. The Hall–Kier alpha value is -0.800. The maximum absolute atomic E-state index is 10.4. The SMILES string of the molecule is Cc1cc(C(C)(O)CNCC2CC2)c(C)o1. The number of furan rings is 1. The minimum absolute atomic E-state index is 0.587. The lowest BCUT2D eigenvalue weighted by atomic mass is 9.96. The van der Waals surface area contributed by atoms with Gasteiger partial charge in [-0.2, -0.15) is 0 Å². The summed E-state index contributed by atoms with van der Waals surface area (Å²) in [5, 5.41) is 13.7. The maximum atomic E-state index is 10.4. The molecule has 1 aromatic heterocycles. The van der Waals surface area contributed by atoms with Crippen LogP contribution in [0.2, 0.25) is 0 Å². The topological polar surface area (TPSA) is 45.4 Å². The fourth-order valence-corrected chi connectivity index (χ4v) is 2.10. The van der Waals surface area contributed by atoms with Crippen molar-refractivity contribution in [1.82, 2.24) is 5.32 Å². The van der Waals surface area contributed by atoms with E-state index in [1.807, 2.05) is 26.8 Å². The lowest BCUT2D eigenvalue weighted by Crippen LogP contribution is -2.36. The molecule has 16 heavy (non-hydrogen) atoms. The zero-order valence-corrected chi connectivity index (χ0v) is 10.3. The van der Waals surface area contributed by atoms with Gasteiger partial charge in [-0.1, -0.05) is 0 Å². The van der Waals surface area contributed by atoms with Gasteiger partial charge >= 0.3 is 0 Å². The minimum Gasteiger partial charge on any atom is -0.466 e. The van der Waals surface area contributed by atoms with E-state index in [4.69, 9.17) is 4.42 Å². The van der Waals surface area contributed by atoms with E-state index in [1.165, 1.54) is 12.8 Å². The van der Waals surface area contributed by atoms with Crippen LogP contribution in [0.4, 0.5) is 0 Å². The lowest BCUT2D eigenvalue weighted by molar-refractivity contribution is 0.0554. The predicted octanol–water partition coefficient (Wildman–Crippen LogP) is 2.10. The number of hydrogen-bond acceptors (Lipinski definition) is 3. The molecule has 0 bridgehead atoms. The normalized spacial score (nSPS) is 19.8. The monoisotopic (exact) mass is 223 g/mol. The first kappa shape index (κ1) is 11.7. The van der Waals surface area contributed by atoms with E-state index in [0.29, 0.717) is 6.54 Å². The van der Waals surface area contributed by atoms with E-state index in [9.17, 15) is 5.11 Å². The van der Waals surface area contributed by atoms with Crippen LogP contribution in [0, 0.1) is 19.8 Å². The van der Waals surface area contributed by atoms with Crippen molar-refractivity contribution in [2.45, 2.75) is 39.2 Å². The summed E-state index contributed by atoms with van der Waals surface area (Å²) in [6.45, 7) is 7.25. The molecule has 0 aliphatic heterocycles. The number of nitrogens with one attached hydrogen (secondary N) is 1. The minimum atomic E-state index is -0.837. The van der Waals surface area contributed by atoms with Gasteiger partial charge in [-0.05, 0) is 52.1 Å². The molecule has 3 nitrogen and oxygen atoms in total. The molecule has 2 N–H and O–H groups in total. The van der Waals surface area contributed by atoms with Crippen molar-refractivity contribution in [3.63, 3.8) is 0 Å². The van der Waals surface area contributed by atoms with Gasteiger partial charge in [0, 0.05) is 12.1 Å². The van der Waals surface area contributed by atoms with Gasteiger partial charge in [0.15, 0.2) is 0 Å². The molecule has 1 unspecified atom stereocenters. The zero-order valence-electron chi connectivity index (χ0n) is 10.3. The Labute approximate surface area is 96.8 Å². The van der Waals surface area contributed by atoms with Crippen LogP contribution >= 0.6 is 0 Å². The molecule has 1 aliphatic rings. The highest BCUT2D eigenvalue weighted by molar-refractivity contribution is 5.26. The molecule has 1 fully saturated rings. The van der Waals surface area contributed by atoms with Crippen LogP contribution < -0.4 is 5.32 Å². The van der Waals surface area contributed by atoms with Gasteiger partial charge in [-0.15, -0.1) is 0 Å². The molecule has 0 amide bonds. The van der Waals surface area contributed by atoms with Crippen molar-refractivity contribution >= 4 is 0 Å². The fourth-order valence-electron chi connectivity index (χ4n) is 2.10. The van der Waals surface area contributed by atoms with E-state index in [-0.39, 0.29) is 0 Å². The van der Waals surface area contributed by atoms with Crippen molar-refractivity contribution in [2.75, 3.05) is 13.1 Å². The molecule has 1 heterocycles. The molecular formula is C13H21NO2. The van der Waals surface area contributed by atoms with Gasteiger partial charge in [0.1, 0.15) is 17.1 Å².